The van der Waals surface area contributed by atoms with Gasteiger partial charge in [-0.3, -0.25) is 9.78 Å². The summed E-state index contributed by atoms with van der Waals surface area (Å²) < 4.78 is 12.8. The minimum Gasteiger partial charge on any atom is -0.507 e. The first-order chi connectivity index (χ1) is 9.49. The molecule has 0 aliphatic heterocycles. The van der Waals surface area contributed by atoms with Gasteiger partial charge in [0.1, 0.15) is 11.6 Å². The third-order valence-electron chi connectivity index (χ3n) is 2.50. The highest BCUT2D eigenvalue weighted by Crippen LogP contribution is 2.21. The number of amides is 1. The van der Waals surface area contributed by atoms with E-state index in [1.54, 1.807) is 0 Å². The number of carbonyl (C=O) groups excluding carboxylic acids is 1. The van der Waals surface area contributed by atoms with Gasteiger partial charge in [-0.25, -0.2) is 9.18 Å². The monoisotopic (exact) mass is 276 g/mol. The summed E-state index contributed by atoms with van der Waals surface area (Å²) in [7, 11) is 0. The summed E-state index contributed by atoms with van der Waals surface area (Å²) in [6.07, 6.45) is 2.44. The summed E-state index contributed by atoms with van der Waals surface area (Å²) >= 11 is 0. The number of aromatic carboxylic acids is 1. The Bertz CT molecular complexity index is 688. The van der Waals surface area contributed by atoms with Crippen molar-refractivity contribution in [3.8, 4) is 5.75 Å². The number of carbonyl (C=O) groups is 2. The van der Waals surface area contributed by atoms with Gasteiger partial charge in [-0.05, 0) is 18.2 Å². The van der Waals surface area contributed by atoms with E-state index < -0.39 is 23.4 Å². The lowest BCUT2D eigenvalue weighted by Gasteiger charge is -2.08. The van der Waals surface area contributed by atoms with Crippen LogP contribution in [-0.2, 0) is 0 Å². The summed E-state index contributed by atoms with van der Waals surface area (Å²) in [4.78, 5) is 26.6. The van der Waals surface area contributed by atoms with Crippen LogP contribution in [0.25, 0.3) is 0 Å². The maximum atomic E-state index is 12.8. The van der Waals surface area contributed by atoms with Crippen molar-refractivity contribution in [3.05, 3.63) is 53.6 Å². The Balaban J connectivity index is 2.30. The topological polar surface area (TPSA) is 99.5 Å². The molecule has 2 aromatic rings. The molecule has 0 bridgehead atoms. The first-order valence-corrected chi connectivity index (χ1v) is 5.46. The van der Waals surface area contributed by atoms with Gasteiger partial charge in [-0.2, -0.15) is 0 Å². The summed E-state index contributed by atoms with van der Waals surface area (Å²) in [5, 5.41) is 20.8. The van der Waals surface area contributed by atoms with Crippen LogP contribution in [0.15, 0.2) is 36.7 Å². The van der Waals surface area contributed by atoms with Crippen molar-refractivity contribution in [3.63, 3.8) is 0 Å². The van der Waals surface area contributed by atoms with Gasteiger partial charge in [0.15, 0.2) is 0 Å². The summed E-state index contributed by atoms with van der Waals surface area (Å²) in [5.41, 5.74) is -0.338. The van der Waals surface area contributed by atoms with Crippen molar-refractivity contribution < 1.29 is 24.2 Å². The molecule has 1 aromatic heterocycles. The van der Waals surface area contributed by atoms with Crippen LogP contribution in [0, 0.1) is 5.82 Å². The van der Waals surface area contributed by atoms with Gasteiger partial charge in [-0.15, -0.1) is 0 Å². The molecule has 1 amide bonds. The fourth-order valence-corrected chi connectivity index (χ4v) is 1.57. The number of rotatable bonds is 3. The van der Waals surface area contributed by atoms with Crippen LogP contribution in [0.4, 0.5) is 10.1 Å². The average Bonchev–Trinajstić information content (AvgIpc) is 2.38. The maximum absolute atomic E-state index is 12.8. The van der Waals surface area contributed by atoms with Crippen LogP contribution in [0.5, 0.6) is 5.75 Å². The van der Waals surface area contributed by atoms with E-state index in [-0.39, 0.29) is 16.8 Å². The molecule has 0 radical (unpaired) electrons. The van der Waals surface area contributed by atoms with Crippen LogP contribution >= 0.6 is 0 Å². The predicted molar refractivity (Wildman–Crippen MR) is 67.2 cm³/mol. The molecule has 6 nitrogen and oxygen atoms in total. The number of phenols is 1. The fraction of sp³-hybridized carbons (Fsp3) is 0. The summed E-state index contributed by atoms with van der Waals surface area (Å²) in [6.45, 7) is 0. The molecule has 102 valence electrons. The van der Waals surface area contributed by atoms with Crippen molar-refractivity contribution in [1.82, 2.24) is 4.98 Å². The third-order valence-corrected chi connectivity index (χ3v) is 2.50. The van der Waals surface area contributed by atoms with E-state index in [0.29, 0.717) is 0 Å². The van der Waals surface area contributed by atoms with E-state index >= 15 is 0 Å². The summed E-state index contributed by atoms with van der Waals surface area (Å²) in [6, 6.07) is 4.12. The number of halogens is 1. The number of nitrogens with one attached hydrogen (secondary N) is 1. The molecule has 0 aliphatic carbocycles. The van der Waals surface area contributed by atoms with Crippen molar-refractivity contribution in [2.45, 2.75) is 0 Å². The number of pyridine rings is 1. The Morgan fingerprint density at radius 2 is 1.95 bits per heavy atom. The minimum absolute atomic E-state index is 0.0197. The summed E-state index contributed by atoms with van der Waals surface area (Å²) in [5.74, 6) is -3.22. The molecule has 20 heavy (non-hydrogen) atoms. The molecule has 1 heterocycles. The zero-order valence-electron chi connectivity index (χ0n) is 10.0. The van der Waals surface area contributed by atoms with E-state index in [2.05, 4.69) is 10.3 Å². The average molecular weight is 276 g/mol. The Labute approximate surface area is 112 Å². The molecule has 0 aliphatic rings. The van der Waals surface area contributed by atoms with Gasteiger partial charge in [0, 0.05) is 12.3 Å². The van der Waals surface area contributed by atoms with Gasteiger partial charge in [0.25, 0.3) is 5.91 Å². The second kappa shape index (κ2) is 5.35. The molecular formula is C13H9FN2O4. The normalized spacial score (nSPS) is 10.1. The van der Waals surface area contributed by atoms with Gasteiger partial charge >= 0.3 is 5.97 Å². The lowest BCUT2D eigenvalue weighted by atomic mass is 10.1. The molecular weight excluding hydrogens is 267 g/mol. The molecule has 3 N–H and O–H groups in total. The van der Waals surface area contributed by atoms with Crippen molar-refractivity contribution in [1.29, 1.82) is 0 Å². The molecule has 0 unspecified atom stereocenters. The molecule has 0 fully saturated rings. The largest absolute Gasteiger partial charge is 0.507 e. The highest BCUT2D eigenvalue weighted by Gasteiger charge is 2.16. The number of carboxylic acids is 1. The first kappa shape index (κ1) is 13.5. The minimum atomic E-state index is -1.23. The Hall–Kier alpha value is -2.96. The van der Waals surface area contributed by atoms with Crippen LogP contribution in [0.3, 0.4) is 0 Å². The van der Waals surface area contributed by atoms with Gasteiger partial charge < -0.3 is 15.5 Å². The quantitative estimate of drug-likeness (QED) is 0.794. The number of hydrogen-bond acceptors (Lipinski definition) is 4. The second-order valence-corrected chi connectivity index (χ2v) is 3.84. The van der Waals surface area contributed by atoms with Crippen LogP contribution < -0.4 is 5.32 Å². The molecule has 2 rings (SSSR count). The van der Waals surface area contributed by atoms with E-state index in [4.69, 9.17) is 5.11 Å². The fourth-order valence-electron chi connectivity index (χ4n) is 1.57. The van der Waals surface area contributed by atoms with Gasteiger partial charge in [0.2, 0.25) is 0 Å². The molecule has 0 saturated heterocycles. The highest BCUT2D eigenvalue weighted by molar-refractivity contribution is 6.08. The number of nitrogens with zero attached hydrogens (tertiary/aromatic N) is 1. The molecule has 0 spiro atoms. The van der Waals surface area contributed by atoms with Crippen LogP contribution in [-0.4, -0.2) is 27.1 Å². The number of anilines is 1. The van der Waals surface area contributed by atoms with Crippen molar-refractivity contribution >= 4 is 17.6 Å². The number of benzene rings is 1. The first-order valence-electron chi connectivity index (χ1n) is 5.46. The third kappa shape index (κ3) is 2.72. The maximum Gasteiger partial charge on any atom is 0.337 e. The lowest BCUT2D eigenvalue weighted by Crippen LogP contribution is -2.15. The number of hydrogen-bond donors (Lipinski definition) is 3. The van der Waals surface area contributed by atoms with E-state index in [0.717, 1.165) is 18.2 Å². The van der Waals surface area contributed by atoms with Crippen LogP contribution in [0.2, 0.25) is 0 Å². The van der Waals surface area contributed by atoms with Gasteiger partial charge in [0.05, 0.1) is 23.0 Å². The highest BCUT2D eigenvalue weighted by atomic mass is 19.1. The second-order valence-electron chi connectivity index (χ2n) is 3.84. The molecule has 0 atom stereocenters. The number of aromatic nitrogens is 1. The number of phenolic OH excluding ortho intramolecular Hbond substituents is 1. The lowest BCUT2D eigenvalue weighted by molar-refractivity contribution is 0.0698. The zero-order valence-corrected chi connectivity index (χ0v) is 10.0. The van der Waals surface area contributed by atoms with E-state index in [1.807, 2.05) is 0 Å². The van der Waals surface area contributed by atoms with E-state index in [1.165, 1.54) is 18.5 Å². The number of carboxylic acid groups (broad SMARTS) is 1. The predicted octanol–water partition coefficient (Wildman–Crippen LogP) is 1.88. The SMILES string of the molecule is O=C(Nc1cnccc1C(=O)O)c1ccc(F)cc1O. The van der Waals surface area contributed by atoms with Crippen molar-refractivity contribution in [2.75, 3.05) is 5.32 Å². The molecule has 0 saturated carbocycles. The van der Waals surface area contributed by atoms with Crippen molar-refractivity contribution in [2.24, 2.45) is 0 Å². The molecule has 1 aromatic carbocycles. The van der Waals surface area contributed by atoms with Crippen LogP contribution in [0.1, 0.15) is 20.7 Å². The zero-order chi connectivity index (χ0) is 14.7. The molecule has 7 heteroatoms. The Morgan fingerprint density at radius 1 is 1.20 bits per heavy atom. The standard InChI is InChI=1S/C13H9FN2O4/c14-7-1-2-9(11(17)5-7)12(18)16-10-6-15-4-3-8(10)13(19)20/h1-6,17H,(H,16,18)(H,19,20). The smallest absolute Gasteiger partial charge is 0.337 e. The van der Waals surface area contributed by atoms with E-state index in [9.17, 15) is 19.1 Å². The Morgan fingerprint density at radius 3 is 2.60 bits per heavy atom. The van der Waals surface area contributed by atoms with Gasteiger partial charge in [-0.1, -0.05) is 0 Å². The Kier molecular flexibility index (Phi) is 3.60. The number of aromatic hydroxyl groups is 1.